The van der Waals surface area contributed by atoms with Crippen LogP contribution >= 0.6 is 23.4 Å². The third-order valence-electron chi connectivity index (χ3n) is 4.40. The number of amides is 1. The Balaban J connectivity index is 1.47. The van der Waals surface area contributed by atoms with Gasteiger partial charge in [0.15, 0.2) is 5.82 Å². The number of nitriles is 1. The number of thioether (sulfide) groups is 1. The SMILES string of the molecule is Cc1cc(OCc2nc(SCC(=O)NC3(C#N)CCCC3)n[nH]2)ccc1Cl. The number of carbonyl (C=O) groups excluding carboxylic acids is 1. The van der Waals surface area contributed by atoms with E-state index in [4.69, 9.17) is 16.3 Å². The summed E-state index contributed by atoms with van der Waals surface area (Å²) >= 11 is 7.22. The number of hydrogen-bond acceptors (Lipinski definition) is 6. The molecule has 0 saturated heterocycles. The van der Waals surface area contributed by atoms with E-state index in [1.807, 2.05) is 13.0 Å². The Hall–Kier alpha value is -2.24. The molecule has 1 aromatic carbocycles. The van der Waals surface area contributed by atoms with E-state index in [9.17, 15) is 10.1 Å². The Kier molecular flexibility index (Phi) is 6.24. The van der Waals surface area contributed by atoms with Crippen LogP contribution in [0.15, 0.2) is 23.4 Å². The molecule has 7 nitrogen and oxygen atoms in total. The maximum absolute atomic E-state index is 12.1. The van der Waals surface area contributed by atoms with Gasteiger partial charge in [0.25, 0.3) is 0 Å². The third kappa shape index (κ3) is 5.15. The number of ether oxygens (including phenoxy) is 1. The van der Waals surface area contributed by atoms with Crippen LogP contribution in [0.5, 0.6) is 5.75 Å². The lowest BCUT2D eigenvalue weighted by Gasteiger charge is -2.21. The average Bonchev–Trinajstić information content (AvgIpc) is 3.31. The molecule has 1 amide bonds. The third-order valence-corrected chi connectivity index (χ3v) is 5.67. The summed E-state index contributed by atoms with van der Waals surface area (Å²) in [4.78, 5) is 16.4. The first-order valence-electron chi connectivity index (χ1n) is 8.65. The Labute approximate surface area is 166 Å². The number of halogens is 1. The second-order valence-corrected chi connectivity index (χ2v) is 7.85. The first kappa shape index (κ1) is 19.5. The molecule has 3 rings (SSSR count). The minimum Gasteiger partial charge on any atom is -0.486 e. The van der Waals surface area contributed by atoms with Crippen molar-refractivity contribution in [3.05, 3.63) is 34.6 Å². The van der Waals surface area contributed by atoms with Gasteiger partial charge < -0.3 is 10.1 Å². The maximum Gasteiger partial charge on any atom is 0.231 e. The van der Waals surface area contributed by atoms with Crippen LogP contribution in [0.4, 0.5) is 0 Å². The quantitative estimate of drug-likeness (QED) is 0.684. The minimum atomic E-state index is -0.702. The number of nitrogens with one attached hydrogen (secondary N) is 2. The van der Waals surface area contributed by atoms with Crippen LogP contribution < -0.4 is 10.1 Å². The first-order valence-corrected chi connectivity index (χ1v) is 10.0. The van der Waals surface area contributed by atoms with Gasteiger partial charge in [-0.25, -0.2) is 4.98 Å². The van der Waals surface area contributed by atoms with Crippen LogP contribution in [-0.4, -0.2) is 32.4 Å². The molecule has 1 aliphatic rings. The second kappa shape index (κ2) is 8.63. The zero-order valence-electron chi connectivity index (χ0n) is 14.9. The number of carbonyl (C=O) groups is 1. The molecule has 0 unspecified atom stereocenters. The predicted octanol–water partition coefficient (Wildman–Crippen LogP) is 3.39. The maximum atomic E-state index is 12.1. The summed E-state index contributed by atoms with van der Waals surface area (Å²) in [5.41, 5.74) is 0.234. The summed E-state index contributed by atoms with van der Waals surface area (Å²) < 4.78 is 5.67. The van der Waals surface area contributed by atoms with Crippen LogP contribution in [0.25, 0.3) is 0 Å². The van der Waals surface area contributed by atoms with Crippen molar-refractivity contribution in [2.75, 3.05) is 5.75 Å². The van der Waals surface area contributed by atoms with Crippen molar-refractivity contribution >= 4 is 29.3 Å². The first-order chi connectivity index (χ1) is 13.0. The van der Waals surface area contributed by atoms with E-state index in [1.165, 1.54) is 11.8 Å². The van der Waals surface area contributed by atoms with Gasteiger partial charge in [0.2, 0.25) is 11.1 Å². The van der Waals surface area contributed by atoms with Crippen molar-refractivity contribution in [3.63, 3.8) is 0 Å². The zero-order chi connectivity index (χ0) is 19.3. The van der Waals surface area contributed by atoms with Crippen LogP contribution in [0.1, 0.15) is 37.1 Å². The number of benzene rings is 1. The molecule has 1 fully saturated rings. The van der Waals surface area contributed by atoms with Gasteiger partial charge >= 0.3 is 0 Å². The highest BCUT2D eigenvalue weighted by Crippen LogP contribution is 2.29. The number of aromatic nitrogens is 3. The molecule has 1 saturated carbocycles. The zero-order valence-corrected chi connectivity index (χ0v) is 16.5. The van der Waals surface area contributed by atoms with E-state index in [2.05, 4.69) is 26.6 Å². The predicted molar refractivity (Wildman–Crippen MR) is 103 cm³/mol. The molecular formula is C18H20ClN5O2S. The molecule has 27 heavy (non-hydrogen) atoms. The van der Waals surface area contributed by atoms with Gasteiger partial charge in [0.05, 0.1) is 11.8 Å². The van der Waals surface area contributed by atoms with E-state index in [1.54, 1.807) is 12.1 Å². The lowest BCUT2D eigenvalue weighted by Crippen LogP contribution is -2.45. The van der Waals surface area contributed by atoms with Crippen molar-refractivity contribution < 1.29 is 9.53 Å². The van der Waals surface area contributed by atoms with Crippen LogP contribution in [-0.2, 0) is 11.4 Å². The van der Waals surface area contributed by atoms with Gasteiger partial charge in [-0.3, -0.25) is 9.89 Å². The van der Waals surface area contributed by atoms with E-state index in [-0.39, 0.29) is 18.3 Å². The Morgan fingerprint density at radius 3 is 2.96 bits per heavy atom. The van der Waals surface area contributed by atoms with E-state index in [0.29, 0.717) is 34.6 Å². The number of hydrogen-bond donors (Lipinski definition) is 2. The van der Waals surface area contributed by atoms with Crippen LogP contribution in [0.2, 0.25) is 5.02 Å². The fraction of sp³-hybridized carbons (Fsp3) is 0.444. The Morgan fingerprint density at radius 1 is 1.48 bits per heavy atom. The van der Waals surface area contributed by atoms with E-state index >= 15 is 0 Å². The molecule has 1 aliphatic carbocycles. The molecule has 142 valence electrons. The fourth-order valence-electron chi connectivity index (χ4n) is 2.94. The van der Waals surface area contributed by atoms with Crippen molar-refractivity contribution in [1.29, 1.82) is 5.26 Å². The van der Waals surface area contributed by atoms with Crippen molar-refractivity contribution in [3.8, 4) is 11.8 Å². The van der Waals surface area contributed by atoms with Crippen molar-refractivity contribution in [1.82, 2.24) is 20.5 Å². The summed E-state index contributed by atoms with van der Waals surface area (Å²) in [6.07, 6.45) is 3.37. The summed E-state index contributed by atoms with van der Waals surface area (Å²) in [6, 6.07) is 7.67. The Bertz CT molecular complexity index is 858. The fourth-order valence-corrected chi connectivity index (χ4v) is 3.68. The van der Waals surface area contributed by atoms with Gasteiger partial charge in [-0.1, -0.05) is 23.4 Å². The van der Waals surface area contributed by atoms with Crippen LogP contribution in [0.3, 0.4) is 0 Å². The number of aryl methyl sites for hydroxylation is 1. The van der Waals surface area contributed by atoms with Gasteiger partial charge in [-0.05, 0) is 56.4 Å². The highest BCUT2D eigenvalue weighted by Gasteiger charge is 2.35. The molecule has 2 N–H and O–H groups in total. The lowest BCUT2D eigenvalue weighted by atomic mass is 10.0. The monoisotopic (exact) mass is 405 g/mol. The number of nitrogens with zero attached hydrogens (tertiary/aromatic N) is 3. The normalized spacial score (nSPS) is 15.3. The highest BCUT2D eigenvalue weighted by atomic mass is 35.5. The molecule has 9 heteroatoms. The smallest absolute Gasteiger partial charge is 0.231 e. The summed E-state index contributed by atoms with van der Waals surface area (Å²) in [6.45, 7) is 2.14. The molecule has 1 heterocycles. The van der Waals surface area contributed by atoms with E-state index < -0.39 is 5.54 Å². The van der Waals surface area contributed by atoms with Crippen molar-refractivity contribution in [2.45, 2.75) is 49.9 Å². The van der Waals surface area contributed by atoms with Gasteiger partial charge in [-0.15, -0.1) is 5.10 Å². The van der Waals surface area contributed by atoms with Gasteiger partial charge in [0, 0.05) is 5.02 Å². The molecule has 0 bridgehead atoms. The molecule has 0 radical (unpaired) electrons. The number of rotatable bonds is 7. The molecule has 2 aromatic rings. The van der Waals surface area contributed by atoms with Crippen LogP contribution in [0, 0.1) is 18.3 Å². The molecule has 0 spiro atoms. The number of H-pyrrole nitrogens is 1. The largest absolute Gasteiger partial charge is 0.486 e. The highest BCUT2D eigenvalue weighted by molar-refractivity contribution is 7.99. The summed E-state index contributed by atoms with van der Waals surface area (Å²) in [5.74, 6) is 1.25. The van der Waals surface area contributed by atoms with Gasteiger partial charge in [-0.2, -0.15) is 5.26 Å². The lowest BCUT2D eigenvalue weighted by molar-refractivity contribution is -0.119. The second-order valence-electron chi connectivity index (χ2n) is 6.50. The minimum absolute atomic E-state index is 0.165. The number of aromatic amines is 1. The Morgan fingerprint density at radius 2 is 2.26 bits per heavy atom. The molecule has 0 atom stereocenters. The summed E-state index contributed by atoms with van der Waals surface area (Å²) in [5, 5.41) is 20.2. The average molecular weight is 406 g/mol. The standard InChI is InChI=1S/C18H20ClN5O2S/c1-12-8-13(4-5-14(12)19)26-9-15-21-17(24-23-15)27-10-16(25)22-18(11-20)6-2-3-7-18/h4-5,8H,2-3,6-7,9-10H2,1H3,(H,22,25)(H,21,23,24). The van der Waals surface area contributed by atoms with Gasteiger partial charge in [0.1, 0.15) is 17.9 Å². The topological polar surface area (TPSA) is 104 Å². The van der Waals surface area contributed by atoms with Crippen molar-refractivity contribution in [2.24, 2.45) is 0 Å². The van der Waals surface area contributed by atoms with E-state index in [0.717, 1.165) is 18.4 Å². The molecular weight excluding hydrogens is 386 g/mol. The molecule has 0 aliphatic heterocycles. The summed E-state index contributed by atoms with van der Waals surface area (Å²) in [7, 11) is 0. The molecule has 1 aromatic heterocycles.